The van der Waals surface area contributed by atoms with Crippen LogP contribution in [0.3, 0.4) is 0 Å². The number of amides is 2. The molecule has 0 unspecified atom stereocenters. The van der Waals surface area contributed by atoms with Crippen LogP contribution in [-0.4, -0.2) is 40.7 Å². The lowest BCUT2D eigenvalue weighted by Gasteiger charge is -2.35. The molecule has 1 aromatic rings. The third-order valence-corrected chi connectivity index (χ3v) is 6.83. The zero-order chi connectivity index (χ0) is 16.0. The molecule has 0 bridgehead atoms. The molecule has 0 N–H and O–H groups in total. The molecule has 4 nitrogen and oxygen atoms in total. The van der Waals surface area contributed by atoms with Crippen LogP contribution >= 0.6 is 11.3 Å². The first-order valence-corrected chi connectivity index (χ1v) is 9.69. The van der Waals surface area contributed by atoms with Gasteiger partial charge in [-0.3, -0.25) is 9.59 Å². The second-order valence-electron chi connectivity index (χ2n) is 7.14. The lowest BCUT2D eigenvalue weighted by atomic mass is 9.98. The van der Waals surface area contributed by atoms with E-state index in [2.05, 4.69) is 18.4 Å². The molecule has 2 aliphatic heterocycles. The quantitative estimate of drug-likeness (QED) is 0.835. The van der Waals surface area contributed by atoms with Crippen LogP contribution in [0, 0.1) is 5.92 Å². The predicted octanol–water partition coefficient (Wildman–Crippen LogP) is 2.98. The summed E-state index contributed by atoms with van der Waals surface area (Å²) < 4.78 is 0. The van der Waals surface area contributed by atoms with Gasteiger partial charge in [0, 0.05) is 30.4 Å². The van der Waals surface area contributed by atoms with E-state index in [1.807, 2.05) is 9.80 Å². The Morgan fingerprint density at radius 3 is 2.87 bits per heavy atom. The summed E-state index contributed by atoms with van der Waals surface area (Å²) in [6.45, 7) is 3.55. The smallest absolute Gasteiger partial charge is 0.228 e. The van der Waals surface area contributed by atoms with Crippen molar-refractivity contribution in [2.24, 2.45) is 5.92 Å². The Kier molecular flexibility index (Phi) is 3.92. The second kappa shape index (κ2) is 5.93. The molecule has 0 spiro atoms. The van der Waals surface area contributed by atoms with Gasteiger partial charge in [-0.05, 0) is 43.2 Å². The molecule has 0 radical (unpaired) electrons. The van der Waals surface area contributed by atoms with E-state index >= 15 is 0 Å². The number of likely N-dealkylation sites (tertiary alicyclic amines) is 1. The molecule has 23 heavy (non-hydrogen) atoms. The molecule has 5 heteroatoms. The van der Waals surface area contributed by atoms with Crippen LogP contribution in [0.15, 0.2) is 11.4 Å². The molecular formula is C18H24N2O2S. The maximum absolute atomic E-state index is 13.0. The summed E-state index contributed by atoms with van der Waals surface area (Å²) in [5, 5.41) is 2.12. The van der Waals surface area contributed by atoms with E-state index < -0.39 is 0 Å². The first-order chi connectivity index (χ1) is 11.1. The standard InChI is InChI=1S/C18H24N2O2S/c1-12-15-7-9-23-16(15)6-8-19(12)18(22)13-10-17(21)20(11-13)14-4-2-3-5-14/h7,9,12-14H,2-6,8,10-11H2,1H3/t12-,13+/m0/s1. The normalized spacial score (nSPS) is 28.5. The van der Waals surface area contributed by atoms with E-state index in [1.165, 1.54) is 23.3 Å². The van der Waals surface area contributed by atoms with Gasteiger partial charge < -0.3 is 9.80 Å². The van der Waals surface area contributed by atoms with E-state index in [-0.39, 0.29) is 23.8 Å². The lowest BCUT2D eigenvalue weighted by molar-refractivity contribution is -0.138. The highest BCUT2D eigenvalue weighted by atomic mass is 32.1. The summed E-state index contributed by atoms with van der Waals surface area (Å²) in [6, 6.07) is 2.69. The molecular weight excluding hydrogens is 308 g/mol. The van der Waals surface area contributed by atoms with Crippen molar-refractivity contribution in [3.63, 3.8) is 0 Å². The minimum absolute atomic E-state index is 0.134. The van der Waals surface area contributed by atoms with E-state index in [1.54, 1.807) is 11.3 Å². The predicted molar refractivity (Wildman–Crippen MR) is 90.2 cm³/mol. The van der Waals surface area contributed by atoms with Crippen molar-refractivity contribution in [1.82, 2.24) is 9.80 Å². The average molecular weight is 332 g/mol. The minimum atomic E-state index is -0.134. The molecule has 2 atom stereocenters. The van der Waals surface area contributed by atoms with Crippen LogP contribution in [0.4, 0.5) is 0 Å². The van der Waals surface area contributed by atoms with Crippen molar-refractivity contribution in [2.45, 2.75) is 57.5 Å². The van der Waals surface area contributed by atoms with Crippen molar-refractivity contribution in [2.75, 3.05) is 13.1 Å². The van der Waals surface area contributed by atoms with Crippen LogP contribution in [0.5, 0.6) is 0 Å². The van der Waals surface area contributed by atoms with Crippen molar-refractivity contribution >= 4 is 23.2 Å². The summed E-state index contributed by atoms with van der Waals surface area (Å²) in [5.41, 5.74) is 1.30. The first-order valence-electron chi connectivity index (χ1n) is 8.81. The number of hydrogen-bond acceptors (Lipinski definition) is 3. The highest BCUT2D eigenvalue weighted by Crippen LogP contribution is 2.36. The Morgan fingerprint density at radius 1 is 1.30 bits per heavy atom. The topological polar surface area (TPSA) is 40.6 Å². The number of fused-ring (bicyclic) bond motifs is 1. The Hall–Kier alpha value is -1.36. The Balaban J connectivity index is 1.46. The van der Waals surface area contributed by atoms with Crippen LogP contribution < -0.4 is 0 Å². The monoisotopic (exact) mass is 332 g/mol. The maximum Gasteiger partial charge on any atom is 0.228 e. The summed E-state index contributed by atoms with van der Waals surface area (Å²) in [4.78, 5) is 30.8. The molecule has 1 saturated heterocycles. The number of carbonyl (C=O) groups is 2. The van der Waals surface area contributed by atoms with Crippen molar-refractivity contribution < 1.29 is 9.59 Å². The molecule has 2 fully saturated rings. The minimum Gasteiger partial charge on any atom is -0.339 e. The largest absolute Gasteiger partial charge is 0.339 e. The highest BCUT2D eigenvalue weighted by Gasteiger charge is 2.41. The van der Waals surface area contributed by atoms with Gasteiger partial charge in [0.15, 0.2) is 0 Å². The molecule has 1 saturated carbocycles. The Bertz CT molecular complexity index is 620. The van der Waals surface area contributed by atoms with Gasteiger partial charge in [0.2, 0.25) is 11.8 Å². The Labute approximate surface area is 141 Å². The molecule has 3 heterocycles. The number of nitrogens with zero attached hydrogens (tertiary/aromatic N) is 2. The van der Waals surface area contributed by atoms with Gasteiger partial charge in [-0.1, -0.05) is 12.8 Å². The summed E-state index contributed by atoms with van der Waals surface area (Å²) in [7, 11) is 0. The zero-order valence-corrected chi connectivity index (χ0v) is 14.5. The summed E-state index contributed by atoms with van der Waals surface area (Å²) in [6.07, 6.45) is 6.04. The van der Waals surface area contributed by atoms with Crippen LogP contribution in [0.25, 0.3) is 0 Å². The molecule has 0 aromatic carbocycles. The zero-order valence-electron chi connectivity index (χ0n) is 13.7. The van der Waals surface area contributed by atoms with Gasteiger partial charge in [-0.2, -0.15) is 0 Å². The Morgan fingerprint density at radius 2 is 2.09 bits per heavy atom. The molecule has 4 rings (SSSR count). The SMILES string of the molecule is C[C@H]1c2ccsc2CCN1C(=O)[C@@H]1CC(=O)N(C2CCCC2)C1. The van der Waals surface area contributed by atoms with E-state index in [4.69, 9.17) is 0 Å². The van der Waals surface area contributed by atoms with Gasteiger partial charge in [-0.25, -0.2) is 0 Å². The molecule has 1 aromatic heterocycles. The van der Waals surface area contributed by atoms with Gasteiger partial charge >= 0.3 is 0 Å². The maximum atomic E-state index is 13.0. The van der Waals surface area contributed by atoms with Crippen LogP contribution in [-0.2, 0) is 16.0 Å². The van der Waals surface area contributed by atoms with Crippen molar-refractivity contribution in [3.8, 4) is 0 Å². The third kappa shape index (κ3) is 2.59. The van der Waals surface area contributed by atoms with Gasteiger partial charge in [-0.15, -0.1) is 11.3 Å². The van der Waals surface area contributed by atoms with Crippen molar-refractivity contribution in [3.05, 3.63) is 21.9 Å². The summed E-state index contributed by atoms with van der Waals surface area (Å²) >= 11 is 1.79. The van der Waals surface area contributed by atoms with Gasteiger partial charge in [0.1, 0.15) is 0 Å². The fourth-order valence-electron chi connectivity index (χ4n) is 4.51. The molecule has 2 amide bonds. The van der Waals surface area contributed by atoms with E-state index in [0.29, 0.717) is 19.0 Å². The third-order valence-electron chi connectivity index (χ3n) is 5.83. The number of carbonyl (C=O) groups excluding carboxylic acids is 2. The van der Waals surface area contributed by atoms with Gasteiger partial charge in [0.25, 0.3) is 0 Å². The van der Waals surface area contributed by atoms with Crippen LogP contribution in [0.1, 0.15) is 55.5 Å². The summed E-state index contributed by atoms with van der Waals surface area (Å²) in [5.74, 6) is 0.241. The second-order valence-corrected chi connectivity index (χ2v) is 8.14. The van der Waals surface area contributed by atoms with E-state index in [9.17, 15) is 9.59 Å². The first kappa shape index (κ1) is 15.2. The highest BCUT2D eigenvalue weighted by molar-refractivity contribution is 7.10. The fourth-order valence-corrected chi connectivity index (χ4v) is 5.47. The van der Waals surface area contributed by atoms with Crippen LogP contribution in [0.2, 0.25) is 0 Å². The number of rotatable bonds is 2. The fraction of sp³-hybridized carbons (Fsp3) is 0.667. The molecule has 3 aliphatic rings. The number of hydrogen-bond donors (Lipinski definition) is 0. The number of thiophene rings is 1. The van der Waals surface area contributed by atoms with E-state index in [0.717, 1.165) is 25.8 Å². The molecule has 1 aliphatic carbocycles. The van der Waals surface area contributed by atoms with Crippen molar-refractivity contribution in [1.29, 1.82) is 0 Å². The lowest BCUT2D eigenvalue weighted by Crippen LogP contribution is -2.43. The van der Waals surface area contributed by atoms with Gasteiger partial charge in [0.05, 0.1) is 12.0 Å². The average Bonchev–Trinajstić information content (AvgIpc) is 3.27. The molecule has 124 valence electrons.